The summed E-state index contributed by atoms with van der Waals surface area (Å²) in [6.07, 6.45) is 2.07. The number of carbonyl (C=O) groups is 2. The molecule has 0 saturated heterocycles. The van der Waals surface area contributed by atoms with Crippen LogP contribution in [-0.4, -0.2) is 40.1 Å². The van der Waals surface area contributed by atoms with Gasteiger partial charge >= 0.3 is 11.9 Å². The Balaban J connectivity index is 2.84. The molecule has 0 aliphatic carbocycles. The number of hydrogen-bond acceptors (Lipinski definition) is 3. The number of benzene rings is 1. The molecule has 1 rings (SSSR count). The molecule has 0 radical (unpaired) electrons. The third-order valence-electron chi connectivity index (χ3n) is 3.23. The Bertz CT molecular complexity index is 439. The summed E-state index contributed by atoms with van der Waals surface area (Å²) in [6.45, 7) is 3.35. The van der Waals surface area contributed by atoms with E-state index in [2.05, 4.69) is 6.92 Å². The first-order valence-electron chi connectivity index (χ1n) is 6.70. The molecular formula is C15H21NO4. The fraction of sp³-hybridized carbons (Fsp3) is 0.467. The largest absolute Gasteiger partial charge is 0.480 e. The minimum Gasteiger partial charge on any atom is -0.480 e. The highest BCUT2D eigenvalue weighted by molar-refractivity contribution is 5.72. The van der Waals surface area contributed by atoms with Crippen molar-refractivity contribution in [1.82, 2.24) is 4.90 Å². The van der Waals surface area contributed by atoms with Crippen molar-refractivity contribution in [3.8, 4) is 0 Å². The van der Waals surface area contributed by atoms with E-state index < -0.39 is 11.9 Å². The van der Waals surface area contributed by atoms with Gasteiger partial charge in [-0.1, -0.05) is 37.6 Å². The molecule has 0 aliphatic heterocycles. The van der Waals surface area contributed by atoms with Crippen LogP contribution in [0.2, 0.25) is 0 Å². The van der Waals surface area contributed by atoms with Crippen LogP contribution in [0.25, 0.3) is 0 Å². The summed E-state index contributed by atoms with van der Waals surface area (Å²) in [4.78, 5) is 23.1. The van der Waals surface area contributed by atoms with Crippen LogP contribution in [-0.2, 0) is 16.0 Å². The van der Waals surface area contributed by atoms with E-state index in [9.17, 15) is 9.59 Å². The van der Waals surface area contributed by atoms with Gasteiger partial charge in [-0.2, -0.15) is 0 Å². The average Bonchev–Trinajstić information content (AvgIpc) is 2.37. The van der Waals surface area contributed by atoms with Crippen LogP contribution in [0.4, 0.5) is 0 Å². The minimum atomic E-state index is -1.03. The van der Waals surface area contributed by atoms with Gasteiger partial charge < -0.3 is 10.2 Å². The maximum atomic E-state index is 10.8. The molecule has 0 heterocycles. The molecule has 5 nitrogen and oxygen atoms in total. The number of carboxylic acids is 2. The predicted octanol–water partition coefficient (Wildman–Crippen LogP) is 2.17. The molecule has 0 saturated carbocycles. The number of carboxylic acid groups (broad SMARTS) is 2. The second-order valence-corrected chi connectivity index (χ2v) is 4.86. The van der Waals surface area contributed by atoms with Gasteiger partial charge in [-0.25, -0.2) is 0 Å². The number of aliphatic carboxylic acids is 2. The van der Waals surface area contributed by atoms with E-state index in [0.717, 1.165) is 18.4 Å². The zero-order chi connectivity index (χ0) is 15.1. The molecule has 0 bridgehead atoms. The lowest BCUT2D eigenvalue weighted by Crippen LogP contribution is -2.36. The van der Waals surface area contributed by atoms with Crippen molar-refractivity contribution in [2.45, 2.75) is 32.7 Å². The van der Waals surface area contributed by atoms with E-state index in [1.807, 2.05) is 31.2 Å². The van der Waals surface area contributed by atoms with Crippen LogP contribution in [0.15, 0.2) is 24.3 Å². The van der Waals surface area contributed by atoms with Crippen molar-refractivity contribution in [3.05, 3.63) is 35.4 Å². The molecule has 0 aliphatic rings. The van der Waals surface area contributed by atoms with Gasteiger partial charge in [0.2, 0.25) is 0 Å². The third-order valence-corrected chi connectivity index (χ3v) is 3.23. The van der Waals surface area contributed by atoms with Gasteiger partial charge in [0.15, 0.2) is 0 Å². The summed E-state index contributed by atoms with van der Waals surface area (Å²) in [6, 6.07) is 7.64. The van der Waals surface area contributed by atoms with Gasteiger partial charge in [-0.15, -0.1) is 0 Å². The molecule has 0 fully saturated rings. The van der Waals surface area contributed by atoms with Crippen molar-refractivity contribution >= 4 is 11.9 Å². The van der Waals surface area contributed by atoms with E-state index in [0.29, 0.717) is 0 Å². The highest BCUT2D eigenvalue weighted by atomic mass is 16.4. The Morgan fingerprint density at radius 2 is 1.60 bits per heavy atom. The average molecular weight is 279 g/mol. The maximum Gasteiger partial charge on any atom is 0.317 e. The van der Waals surface area contributed by atoms with E-state index in [-0.39, 0.29) is 19.1 Å². The zero-order valence-electron chi connectivity index (χ0n) is 11.9. The zero-order valence-corrected chi connectivity index (χ0v) is 11.9. The standard InChI is InChI=1S/C15H21NO4/c1-3-4-12-5-7-13(8-6-12)11(2)16(9-14(17)18)10-15(19)20/h5-8,11H,3-4,9-10H2,1-2H3,(H,17,18)(H,19,20). The number of nitrogens with zero attached hydrogens (tertiary/aromatic N) is 1. The SMILES string of the molecule is CCCc1ccc(C(C)N(CC(=O)O)CC(=O)O)cc1. The smallest absolute Gasteiger partial charge is 0.317 e. The number of hydrogen-bond donors (Lipinski definition) is 2. The van der Waals surface area contributed by atoms with Crippen LogP contribution in [0.1, 0.15) is 37.4 Å². The monoisotopic (exact) mass is 279 g/mol. The van der Waals surface area contributed by atoms with Crippen molar-refractivity contribution in [1.29, 1.82) is 0 Å². The summed E-state index contributed by atoms with van der Waals surface area (Å²) in [7, 11) is 0. The molecular weight excluding hydrogens is 258 g/mol. The summed E-state index contributed by atoms with van der Waals surface area (Å²) >= 11 is 0. The molecule has 1 unspecified atom stereocenters. The van der Waals surface area contributed by atoms with Crippen molar-refractivity contribution in [2.24, 2.45) is 0 Å². The first kappa shape index (κ1) is 16.2. The predicted molar refractivity (Wildman–Crippen MR) is 75.7 cm³/mol. The molecule has 110 valence electrons. The van der Waals surface area contributed by atoms with E-state index >= 15 is 0 Å². The summed E-state index contributed by atoms with van der Waals surface area (Å²) < 4.78 is 0. The minimum absolute atomic E-state index is 0.252. The lowest BCUT2D eigenvalue weighted by atomic mass is 10.0. The summed E-state index contributed by atoms with van der Waals surface area (Å²) in [5.74, 6) is -2.05. The van der Waals surface area contributed by atoms with E-state index in [4.69, 9.17) is 10.2 Å². The Morgan fingerprint density at radius 3 is 2.00 bits per heavy atom. The quantitative estimate of drug-likeness (QED) is 0.762. The lowest BCUT2D eigenvalue weighted by Gasteiger charge is -2.26. The van der Waals surface area contributed by atoms with Crippen molar-refractivity contribution < 1.29 is 19.8 Å². The molecule has 1 atom stereocenters. The highest BCUT2D eigenvalue weighted by Crippen LogP contribution is 2.20. The molecule has 0 spiro atoms. The number of aryl methyl sites for hydroxylation is 1. The number of rotatable bonds is 8. The topological polar surface area (TPSA) is 77.8 Å². The molecule has 1 aromatic rings. The van der Waals surface area contributed by atoms with Gasteiger partial charge in [0, 0.05) is 6.04 Å². The van der Waals surface area contributed by atoms with Gasteiger partial charge in [-0.05, 0) is 24.5 Å². The van der Waals surface area contributed by atoms with Gasteiger partial charge in [0.05, 0.1) is 13.1 Å². The second kappa shape index (κ2) is 7.65. The van der Waals surface area contributed by atoms with Crippen molar-refractivity contribution in [2.75, 3.05) is 13.1 Å². The van der Waals surface area contributed by atoms with E-state index in [1.165, 1.54) is 10.5 Å². The third kappa shape index (κ3) is 5.01. The van der Waals surface area contributed by atoms with Crippen molar-refractivity contribution in [3.63, 3.8) is 0 Å². The molecule has 5 heteroatoms. The van der Waals surface area contributed by atoms with Gasteiger partial charge in [-0.3, -0.25) is 14.5 Å². The van der Waals surface area contributed by atoms with Crippen LogP contribution in [0.3, 0.4) is 0 Å². The summed E-state index contributed by atoms with van der Waals surface area (Å²) in [5, 5.41) is 17.7. The first-order valence-corrected chi connectivity index (χ1v) is 6.70. The maximum absolute atomic E-state index is 10.8. The van der Waals surface area contributed by atoms with Crippen LogP contribution >= 0.6 is 0 Å². The molecule has 0 aromatic heterocycles. The Kier molecular flexibility index (Phi) is 6.18. The molecule has 2 N–H and O–H groups in total. The van der Waals surface area contributed by atoms with Gasteiger partial charge in [0.1, 0.15) is 0 Å². The normalized spacial score (nSPS) is 12.3. The van der Waals surface area contributed by atoms with E-state index in [1.54, 1.807) is 0 Å². The van der Waals surface area contributed by atoms with Crippen LogP contribution in [0.5, 0.6) is 0 Å². The molecule has 0 amide bonds. The summed E-state index contributed by atoms with van der Waals surface area (Å²) in [5.41, 5.74) is 2.15. The highest BCUT2D eigenvalue weighted by Gasteiger charge is 2.20. The van der Waals surface area contributed by atoms with Gasteiger partial charge in [0.25, 0.3) is 0 Å². The van der Waals surface area contributed by atoms with Crippen LogP contribution in [0, 0.1) is 0 Å². The van der Waals surface area contributed by atoms with Crippen LogP contribution < -0.4 is 0 Å². The first-order chi connectivity index (χ1) is 9.43. The molecule has 1 aromatic carbocycles. The Morgan fingerprint density at radius 1 is 1.10 bits per heavy atom. The Hall–Kier alpha value is -1.88. The Labute approximate surface area is 118 Å². The second-order valence-electron chi connectivity index (χ2n) is 4.86. The lowest BCUT2D eigenvalue weighted by molar-refractivity contribution is -0.142. The fourth-order valence-corrected chi connectivity index (χ4v) is 2.14. The molecule has 20 heavy (non-hydrogen) atoms. The fourth-order valence-electron chi connectivity index (χ4n) is 2.14.